The molecule has 3 aromatic carbocycles. The number of primary amides is 1. The van der Waals surface area contributed by atoms with E-state index in [9.17, 15) is 45.0 Å². The van der Waals surface area contributed by atoms with Crippen LogP contribution in [0.3, 0.4) is 0 Å². The second-order valence-electron chi connectivity index (χ2n) is 15.1. The van der Waals surface area contributed by atoms with Crippen molar-refractivity contribution in [3.05, 3.63) is 107 Å². The number of amides is 1. The number of aryl methyl sites for hydroxylation is 1. The minimum absolute atomic E-state index is 0.0334. The number of carbonyl (C=O) groups excluding carboxylic acids is 2. The maximum atomic E-state index is 12.6. The van der Waals surface area contributed by atoms with Crippen LogP contribution < -0.4 is 20.5 Å². The van der Waals surface area contributed by atoms with Gasteiger partial charge in [-0.2, -0.15) is 0 Å². The molecule has 15 nitrogen and oxygen atoms in total. The Kier molecular flexibility index (Phi) is 13.0. The molecule has 3 aliphatic heterocycles. The molecule has 0 bridgehead atoms. The number of aliphatic imine (C=N–C) groups is 1. The van der Waals surface area contributed by atoms with Crippen molar-refractivity contribution in [2.45, 2.75) is 68.9 Å². The van der Waals surface area contributed by atoms with Crippen LogP contribution in [-0.2, 0) is 25.5 Å². The summed E-state index contributed by atoms with van der Waals surface area (Å²) in [7, 11) is 0. The van der Waals surface area contributed by atoms with E-state index in [1.54, 1.807) is 0 Å². The molecular weight excluding hydrogens is 762 g/mol. The first-order valence-corrected chi connectivity index (χ1v) is 19.3. The highest BCUT2D eigenvalue weighted by Crippen LogP contribution is 2.43. The first-order chi connectivity index (χ1) is 28.2. The minimum atomic E-state index is -3.12. The van der Waals surface area contributed by atoms with Gasteiger partial charge in [-0.3, -0.25) is 14.6 Å². The van der Waals surface area contributed by atoms with Gasteiger partial charge in [0.15, 0.2) is 23.6 Å². The molecule has 1 amide bonds. The van der Waals surface area contributed by atoms with E-state index in [2.05, 4.69) is 48.4 Å². The Morgan fingerprint density at radius 2 is 1.85 bits per heavy atom. The summed E-state index contributed by atoms with van der Waals surface area (Å²) < 4.78 is 17.5. The van der Waals surface area contributed by atoms with Crippen LogP contribution in [0, 0.1) is 11.8 Å². The van der Waals surface area contributed by atoms with Crippen molar-refractivity contribution in [1.82, 2.24) is 5.32 Å². The Balaban J connectivity index is 1.27. The molecule has 3 aromatic rings. The Labute approximate surface area is 340 Å². The summed E-state index contributed by atoms with van der Waals surface area (Å²) in [6.45, 7) is 4.38. The second-order valence-corrected chi connectivity index (χ2v) is 15.1. The number of aliphatic hydroxyl groups is 4. The van der Waals surface area contributed by atoms with Gasteiger partial charge in [-0.05, 0) is 84.2 Å². The second kappa shape index (κ2) is 18.0. The highest BCUT2D eigenvalue weighted by Gasteiger charge is 2.67. The molecule has 1 unspecified atom stereocenters. The van der Waals surface area contributed by atoms with Crippen molar-refractivity contribution in [2.24, 2.45) is 22.6 Å². The Bertz CT molecular complexity index is 2170. The van der Waals surface area contributed by atoms with Crippen molar-refractivity contribution < 1.29 is 59.2 Å². The van der Waals surface area contributed by atoms with E-state index in [4.69, 9.17) is 19.9 Å². The number of carboxylic acids is 1. The topological polar surface area (TPSA) is 251 Å². The van der Waals surface area contributed by atoms with Crippen molar-refractivity contribution in [3.8, 4) is 17.2 Å². The Hall–Kier alpha value is -5.84. The number of benzene rings is 3. The number of nitrogens with one attached hydrogen (secondary N) is 1. The van der Waals surface area contributed by atoms with Gasteiger partial charge in [0, 0.05) is 18.8 Å². The molecule has 3 heterocycles. The average molecular weight is 812 g/mol. The zero-order chi connectivity index (χ0) is 42.5. The number of aromatic hydroxyl groups is 1. The number of ether oxygens (including phenoxy) is 3. The molecule has 312 valence electrons. The fourth-order valence-corrected chi connectivity index (χ4v) is 7.66. The molecule has 0 radical (unpaired) electrons. The van der Waals surface area contributed by atoms with Gasteiger partial charge >= 0.3 is 5.97 Å². The van der Waals surface area contributed by atoms with E-state index in [-0.39, 0.29) is 58.8 Å². The number of hydrogen-bond acceptors (Lipinski definition) is 13. The fraction of sp³-hybridized carbons (Fsp3) is 0.364. The quantitative estimate of drug-likeness (QED) is 0.0914. The predicted octanol–water partition coefficient (Wildman–Crippen LogP) is 3.18. The van der Waals surface area contributed by atoms with Gasteiger partial charge in [0.2, 0.25) is 12.4 Å². The van der Waals surface area contributed by atoms with Crippen LogP contribution in [0.15, 0.2) is 89.4 Å². The average Bonchev–Trinajstić information content (AvgIpc) is 3.74. The Morgan fingerprint density at radius 3 is 2.51 bits per heavy atom. The predicted molar refractivity (Wildman–Crippen MR) is 218 cm³/mol. The number of carboxylic acid groups (broad SMARTS) is 1. The summed E-state index contributed by atoms with van der Waals surface area (Å²) in [5.74, 6) is -3.36. The SMILES string of the molecule is CCc1ccccc1/C=C/C[C@H](C)[C@H](CNC[C@]1(O)[C@H](Oc2ccc3c(c2)OC(C(N)=O)C(c2ccc(O)cc2)=C3O)O[C@H](C(=O)O)[C@@H](O)[C@@]1(O)C=O)CC1=CCN=C1. The zero-order valence-corrected chi connectivity index (χ0v) is 32.6. The number of aliphatic hydroxyl groups excluding tert-OH is 2. The van der Waals surface area contributed by atoms with Gasteiger partial charge in [-0.15, -0.1) is 0 Å². The number of aliphatic carboxylic acids is 1. The number of hydrogen-bond donors (Lipinski definition) is 8. The molecule has 6 rings (SSSR count). The first-order valence-electron chi connectivity index (χ1n) is 19.3. The maximum absolute atomic E-state index is 12.6. The van der Waals surface area contributed by atoms with Crippen LogP contribution in [0.5, 0.6) is 17.2 Å². The summed E-state index contributed by atoms with van der Waals surface area (Å²) >= 11 is 0. The molecule has 3 aliphatic rings. The highest BCUT2D eigenvalue weighted by molar-refractivity contribution is 6.03. The van der Waals surface area contributed by atoms with Gasteiger partial charge in [-0.25, -0.2) is 4.79 Å². The van der Waals surface area contributed by atoms with E-state index >= 15 is 0 Å². The van der Waals surface area contributed by atoms with Crippen LogP contribution in [-0.4, -0.2) is 110 Å². The number of nitrogens with zero attached hydrogens (tertiary/aromatic N) is 1. The molecule has 8 atom stereocenters. The van der Waals surface area contributed by atoms with Crippen LogP contribution in [0.1, 0.15) is 48.9 Å². The molecule has 9 N–H and O–H groups in total. The summed E-state index contributed by atoms with van der Waals surface area (Å²) in [4.78, 5) is 41.7. The lowest BCUT2D eigenvalue weighted by molar-refractivity contribution is -0.334. The number of aldehydes is 1. The minimum Gasteiger partial charge on any atom is -0.508 e. The highest BCUT2D eigenvalue weighted by atomic mass is 16.7. The first kappa shape index (κ1) is 42.8. The van der Waals surface area contributed by atoms with E-state index < -0.39 is 54.2 Å². The monoisotopic (exact) mass is 811 g/mol. The number of fused-ring (bicyclic) bond motifs is 1. The summed E-state index contributed by atoms with van der Waals surface area (Å²) in [6, 6.07) is 17.7. The fourth-order valence-electron chi connectivity index (χ4n) is 7.66. The molecule has 0 saturated carbocycles. The van der Waals surface area contributed by atoms with Crippen LogP contribution in [0.2, 0.25) is 0 Å². The summed E-state index contributed by atoms with van der Waals surface area (Å²) in [5, 5.41) is 69.1. The third-order valence-corrected chi connectivity index (χ3v) is 11.2. The third-order valence-electron chi connectivity index (χ3n) is 11.2. The van der Waals surface area contributed by atoms with Crippen molar-refractivity contribution in [3.63, 3.8) is 0 Å². The molecular formula is C44H49N3O12. The number of rotatable bonds is 17. The summed E-state index contributed by atoms with van der Waals surface area (Å²) in [5.41, 5.74) is 3.60. The largest absolute Gasteiger partial charge is 0.508 e. The van der Waals surface area contributed by atoms with Gasteiger partial charge in [0.1, 0.15) is 29.1 Å². The smallest absolute Gasteiger partial charge is 0.335 e. The van der Waals surface area contributed by atoms with Gasteiger partial charge < -0.3 is 55.9 Å². The molecule has 0 aromatic heterocycles. The van der Waals surface area contributed by atoms with E-state index in [1.807, 2.05) is 24.4 Å². The van der Waals surface area contributed by atoms with Gasteiger partial charge in [0.05, 0.1) is 17.7 Å². The van der Waals surface area contributed by atoms with Crippen molar-refractivity contribution >= 4 is 41.8 Å². The number of phenolic OH excluding ortho intramolecular Hbond substituents is 1. The molecule has 0 spiro atoms. The molecule has 1 saturated heterocycles. The van der Waals surface area contributed by atoms with E-state index in [1.165, 1.54) is 48.0 Å². The number of allylic oxidation sites excluding steroid dienone is 2. The number of nitrogens with two attached hydrogens (primary N) is 1. The van der Waals surface area contributed by atoms with Crippen molar-refractivity contribution in [2.75, 3.05) is 19.6 Å². The normalized spacial score (nSPS) is 26.2. The lowest BCUT2D eigenvalue weighted by atomic mass is 9.74. The Morgan fingerprint density at radius 1 is 1.10 bits per heavy atom. The lowest BCUT2D eigenvalue weighted by Gasteiger charge is -2.51. The molecule has 15 heteroatoms. The molecule has 1 fully saturated rings. The standard InChI is InChI=1S/C44H49N3O12/c1-3-27-8-4-5-9-28(27)10-6-7-25(2)30(19-26-17-18-46-21-26)22-47-23-43(55)42(59-38(41(53)54)39(51)44(43,56)24-48)57-32-15-16-33-34(20-32)58-37(40(45)52)35(36(33)50)29-11-13-31(49)14-12-29/h4-6,8-17,20-21,24-25,30,37-39,42,47,49-51,55-56H,3,7,18-19,22-23H2,1-2H3,(H2,45,52)(H,53,54)/b10-6+/t25-,30-,37?,38-,39+,42+,43-,44-/m0/s1. The molecule has 59 heavy (non-hydrogen) atoms. The summed E-state index contributed by atoms with van der Waals surface area (Å²) in [6.07, 6.45) is 1.89. The number of phenols is 1. The molecule has 0 aliphatic carbocycles. The van der Waals surface area contributed by atoms with Crippen molar-refractivity contribution in [1.29, 1.82) is 0 Å². The van der Waals surface area contributed by atoms with Crippen LogP contribution in [0.25, 0.3) is 17.4 Å². The maximum Gasteiger partial charge on any atom is 0.335 e. The van der Waals surface area contributed by atoms with Crippen LogP contribution in [0.4, 0.5) is 0 Å². The number of carbonyl (C=O) groups is 3. The van der Waals surface area contributed by atoms with E-state index in [0.29, 0.717) is 24.9 Å². The van der Waals surface area contributed by atoms with Gasteiger partial charge in [-0.1, -0.05) is 68.5 Å². The third kappa shape index (κ3) is 8.79. The van der Waals surface area contributed by atoms with Gasteiger partial charge in [0.25, 0.3) is 5.91 Å². The lowest BCUT2D eigenvalue weighted by Crippen LogP contribution is -2.79. The zero-order valence-electron chi connectivity index (χ0n) is 32.6. The van der Waals surface area contributed by atoms with Crippen LogP contribution >= 0.6 is 0 Å². The van der Waals surface area contributed by atoms with E-state index in [0.717, 1.165) is 17.6 Å².